The van der Waals surface area contributed by atoms with Gasteiger partial charge in [0.25, 0.3) is 0 Å². The molecule has 0 saturated carbocycles. The van der Waals surface area contributed by atoms with Crippen LogP contribution in [0.25, 0.3) is 0 Å². The third-order valence-corrected chi connectivity index (χ3v) is 4.06. The molecule has 108 valence electrons. The van der Waals surface area contributed by atoms with Crippen LogP contribution in [0.1, 0.15) is 32.6 Å². The Kier molecular flexibility index (Phi) is 4.63. The van der Waals surface area contributed by atoms with Crippen LogP contribution in [0.4, 0.5) is 4.79 Å². The van der Waals surface area contributed by atoms with Crippen molar-refractivity contribution in [1.29, 1.82) is 0 Å². The van der Waals surface area contributed by atoms with Crippen LogP contribution in [-0.4, -0.2) is 53.7 Å². The molecule has 0 aromatic heterocycles. The summed E-state index contributed by atoms with van der Waals surface area (Å²) in [4.78, 5) is 24.8. The highest BCUT2D eigenvalue weighted by atomic mass is 16.4. The van der Waals surface area contributed by atoms with Gasteiger partial charge in [0.05, 0.1) is 0 Å². The van der Waals surface area contributed by atoms with E-state index in [-0.39, 0.29) is 24.4 Å². The average molecular weight is 269 g/mol. The molecule has 6 nitrogen and oxygen atoms in total. The van der Waals surface area contributed by atoms with Gasteiger partial charge in [-0.05, 0) is 31.7 Å². The molecule has 2 aliphatic heterocycles. The third-order valence-electron chi connectivity index (χ3n) is 4.06. The van der Waals surface area contributed by atoms with Crippen molar-refractivity contribution in [2.45, 2.75) is 44.7 Å². The zero-order valence-corrected chi connectivity index (χ0v) is 11.4. The van der Waals surface area contributed by atoms with Gasteiger partial charge in [0.2, 0.25) is 0 Å². The number of carboxylic acids is 1. The van der Waals surface area contributed by atoms with Crippen molar-refractivity contribution in [1.82, 2.24) is 15.5 Å². The van der Waals surface area contributed by atoms with E-state index in [4.69, 9.17) is 5.11 Å². The molecule has 0 aromatic rings. The molecular weight excluding hydrogens is 246 g/mol. The molecule has 3 unspecified atom stereocenters. The van der Waals surface area contributed by atoms with Crippen LogP contribution < -0.4 is 10.6 Å². The smallest absolute Gasteiger partial charge is 0.315 e. The fraction of sp³-hybridized carbons (Fsp3) is 0.846. The lowest BCUT2D eigenvalue weighted by Crippen LogP contribution is -2.47. The molecule has 2 heterocycles. The quantitative estimate of drug-likeness (QED) is 0.684. The van der Waals surface area contributed by atoms with Crippen LogP contribution in [0, 0.1) is 5.92 Å². The molecule has 2 aliphatic rings. The van der Waals surface area contributed by atoms with Crippen LogP contribution in [0.3, 0.4) is 0 Å². The Morgan fingerprint density at radius 2 is 2.16 bits per heavy atom. The Morgan fingerprint density at radius 1 is 1.37 bits per heavy atom. The molecular formula is C13H23N3O3. The lowest BCUT2D eigenvalue weighted by Gasteiger charge is -2.21. The fourth-order valence-corrected chi connectivity index (χ4v) is 3.11. The number of aliphatic carboxylic acids is 1. The second kappa shape index (κ2) is 6.23. The van der Waals surface area contributed by atoms with Crippen LogP contribution in [-0.2, 0) is 4.79 Å². The van der Waals surface area contributed by atoms with E-state index in [1.165, 1.54) is 12.8 Å². The monoisotopic (exact) mass is 269 g/mol. The molecule has 2 rings (SSSR count). The summed E-state index contributed by atoms with van der Waals surface area (Å²) in [6.07, 6.45) is 3.49. The maximum absolute atomic E-state index is 11.8. The normalized spacial score (nSPS) is 27.8. The highest BCUT2D eigenvalue weighted by molar-refractivity contribution is 5.74. The second-order valence-electron chi connectivity index (χ2n) is 5.70. The van der Waals surface area contributed by atoms with E-state index in [0.717, 1.165) is 19.5 Å². The molecule has 2 amide bonds. The molecule has 0 radical (unpaired) electrons. The summed E-state index contributed by atoms with van der Waals surface area (Å²) in [5.41, 5.74) is 0. The number of hydrogen-bond donors (Lipinski definition) is 3. The maximum atomic E-state index is 11.8. The molecule has 2 saturated heterocycles. The van der Waals surface area contributed by atoms with Gasteiger partial charge in [-0.2, -0.15) is 0 Å². The first-order valence-electron chi connectivity index (χ1n) is 7.06. The molecule has 19 heavy (non-hydrogen) atoms. The van der Waals surface area contributed by atoms with Crippen LogP contribution in [0.2, 0.25) is 0 Å². The molecule has 3 N–H and O–H groups in total. The topological polar surface area (TPSA) is 81.7 Å². The van der Waals surface area contributed by atoms with Gasteiger partial charge in [0, 0.05) is 31.6 Å². The van der Waals surface area contributed by atoms with Gasteiger partial charge in [-0.3, -0.25) is 9.69 Å². The van der Waals surface area contributed by atoms with Gasteiger partial charge >= 0.3 is 12.0 Å². The van der Waals surface area contributed by atoms with E-state index in [0.29, 0.717) is 12.6 Å². The SMILES string of the molecule is CC(CNC(=O)NC1CCN2CCCC12)CC(=O)O. The number of carboxylic acid groups (broad SMARTS) is 1. The summed E-state index contributed by atoms with van der Waals surface area (Å²) in [6.45, 7) is 4.45. The lowest BCUT2D eigenvalue weighted by molar-refractivity contribution is -0.137. The Hall–Kier alpha value is -1.30. The van der Waals surface area contributed by atoms with Crippen molar-refractivity contribution in [2.24, 2.45) is 5.92 Å². The first kappa shape index (κ1) is 14.1. The fourth-order valence-electron chi connectivity index (χ4n) is 3.11. The lowest BCUT2D eigenvalue weighted by atomic mass is 10.1. The number of fused-ring (bicyclic) bond motifs is 1. The van der Waals surface area contributed by atoms with Crippen molar-refractivity contribution in [3.05, 3.63) is 0 Å². The van der Waals surface area contributed by atoms with Crippen molar-refractivity contribution < 1.29 is 14.7 Å². The first-order valence-corrected chi connectivity index (χ1v) is 7.06. The minimum atomic E-state index is -0.827. The highest BCUT2D eigenvalue weighted by Crippen LogP contribution is 2.27. The standard InChI is InChI=1S/C13H23N3O3/c1-9(7-12(17)18)8-14-13(19)15-10-4-6-16-5-2-3-11(10)16/h9-11H,2-8H2,1H3,(H,17,18)(H2,14,15,19). The van der Waals surface area contributed by atoms with Crippen LogP contribution in [0.5, 0.6) is 0 Å². The first-order chi connectivity index (χ1) is 9.06. The summed E-state index contributed by atoms with van der Waals surface area (Å²) in [6, 6.07) is 0.579. The zero-order chi connectivity index (χ0) is 13.8. The molecule has 6 heteroatoms. The molecule has 0 bridgehead atoms. The number of nitrogens with one attached hydrogen (secondary N) is 2. The Labute approximate surface area is 113 Å². The van der Waals surface area contributed by atoms with Gasteiger partial charge in [0.15, 0.2) is 0 Å². The summed E-state index contributed by atoms with van der Waals surface area (Å²) < 4.78 is 0. The van der Waals surface area contributed by atoms with Gasteiger partial charge < -0.3 is 15.7 Å². The Bertz CT molecular complexity index is 348. The third kappa shape index (κ3) is 3.83. The number of amides is 2. The van der Waals surface area contributed by atoms with E-state index in [1.807, 2.05) is 6.92 Å². The summed E-state index contributed by atoms with van der Waals surface area (Å²) >= 11 is 0. The number of urea groups is 1. The van der Waals surface area contributed by atoms with Gasteiger partial charge in [-0.25, -0.2) is 4.79 Å². The predicted molar refractivity (Wildman–Crippen MR) is 71.0 cm³/mol. The second-order valence-corrected chi connectivity index (χ2v) is 5.70. The number of nitrogens with zero attached hydrogens (tertiary/aromatic N) is 1. The minimum Gasteiger partial charge on any atom is -0.481 e. The molecule has 0 aliphatic carbocycles. The zero-order valence-electron chi connectivity index (χ0n) is 11.4. The van der Waals surface area contributed by atoms with Crippen molar-refractivity contribution in [2.75, 3.05) is 19.6 Å². The number of rotatable bonds is 5. The Morgan fingerprint density at radius 3 is 2.89 bits per heavy atom. The van der Waals surface area contributed by atoms with E-state index < -0.39 is 5.97 Å². The average Bonchev–Trinajstić information content (AvgIpc) is 2.90. The molecule has 0 spiro atoms. The van der Waals surface area contributed by atoms with Gasteiger partial charge in [0.1, 0.15) is 0 Å². The minimum absolute atomic E-state index is 0.0465. The predicted octanol–water partition coefficient (Wildman–Crippen LogP) is 0.633. The molecule has 0 aromatic carbocycles. The van der Waals surface area contributed by atoms with Crippen molar-refractivity contribution in [3.8, 4) is 0 Å². The van der Waals surface area contributed by atoms with Gasteiger partial charge in [-0.1, -0.05) is 6.92 Å². The van der Waals surface area contributed by atoms with E-state index in [1.54, 1.807) is 0 Å². The summed E-state index contributed by atoms with van der Waals surface area (Å²) in [7, 11) is 0. The van der Waals surface area contributed by atoms with Crippen LogP contribution in [0.15, 0.2) is 0 Å². The number of carbonyl (C=O) groups is 2. The molecule has 2 fully saturated rings. The number of carbonyl (C=O) groups excluding carboxylic acids is 1. The van der Waals surface area contributed by atoms with Crippen LogP contribution >= 0.6 is 0 Å². The highest BCUT2D eigenvalue weighted by Gasteiger charge is 2.37. The van der Waals surface area contributed by atoms with Crippen molar-refractivity contribution in [3.63, 3.8) is 0 Å². The summed E-state index contributed by atoms with van der Waals surface area (Å²) in [5, 5.41) is 14.4. The van der Waals surface area contributed by atoms with E-state index in [2.05, 4.69) is 15.5 Å². The summed E-state index contributed by atoms with van der Waals surface area (Å²) in [5.74, 6) is -0.873. The van der Waals surface area contributed by atoms with E-state index >= 15 is 0 Å². The maximum Gasteiger partial charge on any atom is 0.315 e. The molecule has 3 atom stereocenters. The Balaban J connectivity index is 1.68. The van der Waals surface area contributed by atoms with Gasteiger partial charge in [-0.15, -0.1) is 0 Å². The van der Waals surface area contributed by atoms with E-state index in [9.17, 15) is 9.59 Å². The largest absolute Gasteiger partial charge is 0.481 e. The van der Waals surface area contributed by atoms with Crippen molar-refractivity contribution >= 4 is 12.0 Å². The number of hydrogen-bond acceptors (Lipinski definition) is 3.